The third-order valence-corrected chi connectivity index (χ3v) is 4.97. The Morgan fingerprint density at radius 2 is 2.03 bits per heavy atom. The molecule has 1 heterocycles. The molecule has 0 aromatic heterocycles. The normalized spacial score (nSPS) is 23.8. The van der Waals surface area contributed by atoms with Crippen molar-refractivity contribution in [3.05, 3.63) is 53.8 Å². The second kappa shape index (κ2) is 9.99. The molecular weight excluding hydrogens is 393 g/mol. The highest BCUT2D eigenvalue weighted by molar-refractivity contribution is 5.73. The summed E-state index contributed by atoms with van der Waals surface area (Å²) in [5.41, 5.74) is 2.28. The molecule has 3 rings (SSSR count). The van der Waals surface area contributed by atoms with Gasteiger partial charge in [0.15, 0.2) is 0 Å². The van der Waals surface area contributed by atoms with Gasteiger partial charge in [0.1, 0.15) is 29.9 Å². The van der Waals surface area contributed by atoms with Crippen molar-refractivity contribution in [2.75, 3.05) is 20.3 Å². The zero-order valence-corrected chi connectivity index (χ0v) is 16.9. The van der Waals surface area contributed by atoms with Crippen LogP contribution in [0.4, 0.5) is 4.39 Å². The number of halogens is 1. The number of carbonyl (C=O) groups excluding carboxylic acids is 1. The first-order chi connectivity index (χ1) is 14.4. The molecule has 2 aromatic carbocycles. The van der Waals surface area contributed by atoms with Gasteiger partial charge in [-0.25, -0.2) is 4.39 Å². The van der Waals surface area contributed by atoms with Gasteiger partial charge < -0.3 is 29.7 Å². The SMILES string of the molecule is CO[C@H]1CO[C@H](Oc2ccc(CCNC(C)=O)c(-c3cccc(F)c3)c2)[C@H](O)[C@@H]1O. The van der Waals surface area contributed by atoms with Crippen molar-refractivity contribution >= 4 is 5.91 Å². The molecule has 1 aliphatic rings. The Morgan fingerprint density at radius 1 is 1.23 bits per heavy atom. The predicted octanol–water partition coefficient (Wildman–Crippen LogP) is 1.64. The molecule has 4 atom stereocenters. The molecule has 162 valence electrons. The van der Waals surface area contributed by atoms with Crippen LogP contribution in [0.1, 0.15) is 12.5 Å². The van der Waals surface area contributed by atoms with E-state index in [0.29, 0.717) is 24.3 Å². The van der Waals surface area contributed by atoms with E-state index in [1.54, 1.807) is 24.3 Å². The van der Waals surface area contributed by atoms with E-state index in [-0.39, 0.29) is 18.3 Å². The summed E-state index contributed by atoms with van der Waals surface area (Å²) >= 11 is 0. The standard InChI is InChI=1S/C22H26FNO6/c1-13(25)24-9-8-14-6-7-17(11-18(14)15-4-3-5-16(23)10-15)30-22-21(27)20(26)19(28-2)12-29-22/h3-7,10-11,19-22,26-27H,8-9,12H2,1-2H3,(H,24,25)/t19-,20+,21+,22+/m0/s1. The average Bonchev–Trinajstić information content (AvgIpc) is 2.72. The van der Waals surface area contributed by atoms with E-state index in [4.69, 9.17) is 14.2 Å². The number of benzene rings is 2. The molecule has 8 heteroatoms. The Kier molecular flexibility index (Phi) is 7.38. The van der Waals surface area contributed by atoms with Gasteiger partial charge in [-0.3, -0.25) is 4.79 Å². The highest BCUT2D eigenvalue weighted by atomic mass is 19.1. The highest BCUT2D eigenvalue weighted by Crippen LogP contribution is 2.30. The molecule has 0 bridgehead atoms. The topological polar surface area (TPSA) is 97.2 Å². The number of nitrogens with one attached hydrogen (secondary N) is 1. The third kappa shape index (κ3) is 5.34. The summed E-state index contributed by atoms with van der Waals surface area (Å²) in [6.07, 6.45) is -3.60. The maximum atomic E-state index is 13.8. The van der Waals surface area contributed by atoms with Gasteiger partial charge >= 0.3 is 0 Å². The third-order valence-electron chi connectivity index (χ3n) is 4.97. The molecule has 1 fully saturated rings. The van der Waals surface area contributed by atoms with Gasteiger partial charge in [-0.05, 0) is 47.4 Å². The first-order valence-electron chi connectivity index (χ1n) is 9.69. The summed E-state index contributed by atoms with van der Waals surface area (Å²) < 4.78 is 30.1. The van der Waals surface area contributed by atoms with Gasteiger partial charge in [0, 0.05) is 20.6 Å². The van der Waals surface area contributed by atoms with Gasteiger partial charge in [-0.1, -0.05) is 18.2 Å². The average molecular weight is 419 g/mol. The molecule has 1 amide bonds. The zero-order chi connectivity index (χ0) is 21.7. The molecular formula is C22H26FNO6. The Morgan fingerprint density at radius 3 is 2.73 bits per heavy atom. The second-order valence-corrected chi connectivity index (χ2v) is 7.14. The lowest BCUT2D eigenvalue weighted by molar-refractivity contribution is -0.246. The number of hydrogen-bond donors (Lipinski definition) is 3. The Labute approximate surface area is 174 Å². The van der Waals surface area contributed by atoms with Gasteiger partial charge in [0.25, 0.3) is 0 Å². The minimum Gasteiger partial charge on any atom is -0.462 e. The highest BCUT2D eigenvalue weighted by Gasteiger charge is 2.40. The maximum Gasteiger partial charge on any atom is 0.228 e. The van der Waals surface area contributed by atoms with Gasteiger partial charge in [-0.15, -0.1) is 0 Å². The Hall–Kier alpha value is -2.52. The summed E-state index contributed by atoms with van der Waals surface area (Å²) in [5.74, 6) is -0.102. The van der Waals surface area contributed by atoms with Crippen LogP contribution < -0.4 is 10.1 Å². The lowest BCUT2D eigenvalue weighted by Crippen LogP contribution is -2.55. The van der Waals surface area contributed by atoms with Crippen molar-refractivity contribution < 1.29 is 33.6 Å². The van der Waals surface area contributed by atoms with Crippen LogP contribution in [-0.4, -0.2) is 61.0 Å². The second-order valence-electron chi connectivity index (χ2n) is 7.14. The summed E-state index contributed by atoms with van der Waals surface area (Å²) in [4.78, 5) is 11.2. The molecule has 3 N–H and O–H groups in total. The fourth-order valence-corrected chi connectivity index (χ4v) is 3.36. The number of aliphatic hydroxyl groups is 2. The maximum absolute atomic E-state index is 13.8. The van der Waals surface area contributed by atoms with E-state index in [1.165, 1.54) is 26.2 Å². The summed E-state index contributed by atoms with van der Waals surface area (Å²) in [6, 6.07) is 11.4. The zero-order valence-electron chi connectivity index (χ0n) is 16.9. The number of ether oxygens (including phenoxy) is 3. The van der Waals surface area contributed by atoms with Gasteiger partial charge in [0.05, 0.1) is 6.61 Å². The van der Waals surface area contributed by atoms with Crippen molar-refractivity contribution in [1.82, 2.24) is 5.32 Å². The van der Waals surface area contributed by atoms with E-state index in [2.05, 4.69) is 5.32 Å². The van der Waals surface area contributed by atoms with Crippen molar-refractivity contribution in [3.8, 4) is 16.9 Å². The summed E-state index contributed by atoms with van der Waals surface area (Å²) in [5, 5.41) is 23.1. The molecule has 0 spiro atoms. The van der Waals surface area contributed by atoms with Crippen LogP contribution in [0.3, 0.4) is 0 Å². The number of amides is 1. The van der Waals surface area contributed by atoms with Crippen LogP contribution in [0.15, 0.2) is 42.5 Å². The van der Waals surface area contributed by atoms with E-state index in [1.807, 2.05) is 6.07 Å². The number of hydrogen-bond acceptors (Lipinski definition) is 6. The van der Waals surface area contributed by atoms with Crippen molar-refractivity contribution in [2.45, 2.75) is 37.9 Å². The minimum absolute atomic E-state index is 0.0744. The first-order valence-corrected chi connectivity index (χ1v) is 9.69. The van der Waals surface area contributed by atoms with Crippen LogP contribution in [-0.2, 0) is 20.7 Å². The van der Waals surface area contributed by atoms with Crippen LogP contribution in [0.25, 0.3) is 11.1 Å². The van der Waals surface area contributed by atoms with Crippen LogP contribution in [0.5, 0.6) is 5.75 Å². The van der Waals surface area contributed by atoms with E-state index in [9.17, 15) is 19.4 Å². The fraction of sp³-hybridized carbons (Fsp3) is 0.409. The van der Waals surface area contributed by atoms with E-state index < -0.39 is 24.6 Å². The largest absolute Gasteiger partial charge is 0.462 e. The number of carbonyl (C=O) groups is 1. The summed E-state index contributed by atoms with van der Waals surface area (Å²) in [7, 11) is 1.43. The van der Waals surface area contributed by atoms with Gasteiger partial charge in [0.2, 0.25) is 12.2 Å². The van der Waals surface area contributed by atoms with Crippen LogP contribution in [0, 0.1) is 5.82 Å². The molecule has 1 aliphatic heterocycles. The van der Waals surface area contributed by atoms with Crippen LogP contribution in [0.2, 0.25) is 0 Å². The molecule has 1 saturated heterocycles. The van der Waals surface area contributed by atoms with E-state index >= 15 is 0 Å². The molecule has 0 unspecified atom stereocenters. The number of methoxy groups -OCH3 is 1. The first kappa shape index (κ1) is 22.2. The lowest BCUT2D eigenvalue weighted by Gasteiger charge is -2.36. The van der Waals surface area contributed by atoms with Crippen molar-refractivity contribution in [1.29, 1.82) is 0 Å². The van der Waals surface area contributed by atoms with E-state index in [0.717, 1.165) is 11.1 Å². The van der Waals surface area contributed by atoms with Crippen molar-refractivity contribution in [3.63, 3.8) is 0 Å². The molecule has 2 aromatic rings. The predicted molar refractivity (Wildman–Crippen MR) is 107 cm³/mol. The fourth-order valence-electron chi connectivity index (χ4n) is 3.36. The molecule has 7 nitrogen and oxygen atoms in total. The number of aliphatic hydroxyl groups excluding tert-OH is 2. The Bertz CT molecular complexity index is 876. The minimum atomic E-state index is -1.29. The summed E-state index contributed by atoms with van der Waals surface area (Å²) in [6.45, 7) is 1.96. The molecule has 0 radical (unpaired) electrons. The Balaban J connectivity index is 1.84. The lowest BCUT2D eigenvalue weighted by atomic mass is 9.97. The quantitative estimate of drug-likeness (QED) is 0.631. The van der Waals surface area contributed by atoms with Gasteiger partial charge in [-0.2, -0.15) is 0 Å². The molecule has 0 aliphatic carbocycles. The molecule has 30 heavy (non-hydrogen) atoms. The number of rotatable bonds is 7. The monoisotopic (exact) mass is 419 g/mol. The smallest absolute Gasteiger partial charge is 0.228 e. The van der Waals surface area contributed by atoms with Crippen molar-refractivity contribution in [2.24, 2.45) is 0 Å². The molecule has 0 saturated carbocycles. The van der Waals surface area contributed by atoms with Crippen LogP contribution >= 0.6 is 0 Å².